The smallest absolute Gasteiger partial charge is 0.238 e. The van der Waals surface area contributed by atoms with E-state index in [1.807, 2.05) is 4.90 Å². The first kappa shape index (κ1) is 13.1. The van der Waals surface area contributed by atoms with Gasteiger partial charge in [-0.15, -0.1) is 0 Å². The molecule has 1 saturated heterocycles. The molecular weight excluding hydrogens is 254 g/mol. The number of nitrogen functional groups attached to an aromatic ring is 1. The Balaban J connectivity index is 2.31. The highest BCUT2D eigenvalue weighted by atomic mass is 32.2. The number of nitrogens with two attached hydrogens (primary N) is 2. The number of benzene rings is 1. The molecule has 1 heterocycles. The van der Waals surface area contributed by atoms with E-state index >= 15 is 0 Å². The van der Waals surface area contributed by atoms with E-state index in [2.05, 4.69) is 0 Å². The number of aliphatic hydroxyl groups is 1. The number of anilines is 2. The van der Waals surface area contributed by atoms with Crippen LogP contribution in [0, 0.1) is 0 Å². The summed E-state index contributed by atoms with van der Waals surface area (Å²) in [5, 5.41) is 14.5. The van der Waals surface area contributed by atoms with Gasteiger partial charge in [0.2, 0.25) is 10.0 Å². The summed E-state index contributed by atoms with van der Waals surface area (Å²) in [4.78, 5) is 2.02. The van der Waals surface area contributed by atoms with Crippen LogP contribution in [0.3, 0.4) is 0 Å². The fraction of sp³-hybridized carbons (Fsp3) is 0.455. The van der Waals surface area contributed by atoms with Gasteiger partial charge in [0.15, 0.2) is 0 Å². The molecule has 6 nitrogen and oxygen atoms in total. The Bertz CT molecular complexity index is 536. The Morgan fingerprint density at radius 2 is 1.83 bits per heavy atom. The molecule has 1 fully saturated rings. The predicted octanol–water partition coefficient (Wildman–Crippen LogP) is -0.123. The topological polar surface area (TPSA) is 110 Å². The van der Waals surface area contributed by atoms with Crippen molar-refractivity contribution < 1.29 is 13.5 Å². The molecule has 1 aromatic rings. The Morgan fingerprint density at radius 3 is 2.39 bits per heavy atom. The second kappa shape index (κ2) is 4.75. The van der Waals surface area contributed by atoms with Crippen LogP contribution >= 0.6 is 0 Å². The largest absolute Gasteiger partial charge is 0.399 e. The van der Waals surface area contributed by atoms with Gasteiger partial charge >= 0.3 is 0 Å². The van der Waals surface area contributed by atoms with Crippen molar-refractivity contribution in [2.24, 2.45) is 5.14 Å². The van der Waals surface area contributed by atoms with Gasteiger partial charge in [0.25, 0.3) is 0 Å². The second-order valence-corrected chi connectivity index (χ2v) is 6.08. The van der Waals surface area contributed by atoms with Crippen LogP contribution < -0.4 is 15.8 Å². The van der Waals surface area contributed by atoms with Crippen LogP contribution in [-0.2, 0) is 10.0 Å². The average Bonchev–Trinajstić information content (AvgIpc) is 2.28. The van der Waals surface area contributed by atoms with Crippen molar-refractivity contribution >= 4 is 21.4 Å². The summed E-state index contributed by atoms with van der Waals surface area (Å²) in [5.41, 5.74) is 6.79. The molecule has 0 aromatic heterocycles. The molecule has 1 aromatic carbocycles. The zero-order valence-corrected chi connectivity index (χ0v) is 10.7. The highest BCUT2D eigenvalue weighted by Gasteiger charge is 2.19. The van der Waals surface area contributed by atoms with Crippen LogP contribution in [0.15, 0.2) is 23.1 Å². The molecule has 0 amide bonds. The summed E-state index contributed by atoms with van der Waals surface area (Å²) in [7, 11) is -3.75. The first-order chi connectivity index (χ1) is 8.36. The van der Waals surface area contributed by atoms with Crippen LogP contribution in [0.5, 0.6) is 0 Å². The third-order valence-electron chi connectivity index (χ3n) is 3.07. The maximum absolute atomic E-state index is 11.3. The zero-order valence-electron chi connectivity index (χ0n) is 9.91. The molecule has 1 aliphatic heterocycles. The quantitative estimate of drug-likeness (QED) is 0.649. The van der Waals surface area contributed by atoms with Gasteiger partial charge in [-0.1, -0.05) is 0 Å². The SMILES string of the molecule is Nc1cc(N2CCC(O)CC2)cc(S(N)(=O)=O)c1. The number of primary sulfonamides is 1. The molecule has 18 heavy (non-hydrogen) atoms. The van der Waals surface area contributed by atoms with Crippen LogP contribution in [0.1, 0.15) is 12.8 Å². The summed E-state index contributed by atoms with van der Waals surface area (Å²) in [6.45, 7) is 1.35. The maximum Gasteiger partial charge on any atom is 0.238 e. The molecule has 0 aliphatic carbocycles. The van der Waals surface area contributed by atoms with Crippen molar-refractivity contribution in [3.05, 3.63) is 18.2 Å². The Labute approximate surface area is 106 Å². The summed E-state index contributed by atoms with van der Waals surface area (Å²) in [5.74, 6) is 0. The highest BCUT2D eigenvalue weighted by Crippen LogP contribution is 2.25. The number of hydrogen-bond donors (Lipinski definition) is 3. The minimum atomic E-state index is -3.75. The molecule has 5 N–H and O–H groups in total. The molecule has 0 saturated carbocycles. The van der Waals surface area contributed by atoms with Crippen molar-refractivity contribution in [1.29, 1.82) is 0 Å². The van der Waals surface area contributed by atoms with Crippen LogP contribution in [0.2, 0.25) is 0 Å². The van der Waals surface area contributed by atoms with Crippen molar-refractivity contribution in [2.45, 2.75) is 23.8 Å². The summed E-state index contributed by atoms with van der Waals surface area (Å²) < 4.78 is 22.7. The molecule has 0 bridgehead atoms. The fourth-order valence-electron chi connectivity index (χ4n) is 2.08. The van der Waals surface area contributed by atoms with E-state index in [9.17, 15) is 13.5 Å². The van der Waals surface area contributed by atoms with Crippen molar-refractivity contribution in [3.8, 4) is 0 Å². The number of sulfonamides is 1. The summed E-state index contributed by atoms with van der Waals surface area (Å²) >= 11 is 0. The monoisotopic (exact) mass is 271 g/mol. The molecule has 2 rings (SSSR count). The molecule has 0 spiro atoms. The van der Waals surface area contributed by atoms with Crippen molar-refractivity contribution in [1.82, 2.24) is 0 Å². The third kappa shape index (κ3) is 2.92. The molecule has 0 atom stereocenters. The predicted molar refractivity (Wildman–Crippen MR) is 69.7 cm³/mol. The number of nitrogens with zero attached hydrogens (tertiary/aromatic N) is 1. The second-order valence-electron chi connectivity index (χ2n) is 4.52. The summed E-state index contributed by atoms with van der Waals surface area (Å²) in [6, 6.07) is 4.58. The van der Waals surface area contributed by atoms with Crippen molar-refractivity contribution in [2.75, 3.05) is 23.7 Å². The van der Waals surface area contributed by atoms with Gasteiger partial charge in [0.1, 0.15) is 0 Å². The zero-order chi connectivity index (χ0) is 13.3. The maximum atomic E-state index is 11.3. The van der Waals surface area contributed by atoms with E-state index in [1.54, 1.807) is 6.07 Å². The lowest BCUT2D eigenvalue weighted by atomic mass is 10.1. The van der Waals surface area contributed by atoms with E-state index in [4.69, 9.17) is 10.9 Å². The van der Waals surface area contributed by atoms with Gasteiger partial charge in [0.05, 0.1) is 11.0 Å². The number of rotatable bonds is 2. The molecule has 0 unspecified atom stereocenters. The average molecular weight is 271 g/mol. The van der Waals surface area contributed by atoms with Gasteiger partial charge in [0, 0.05) is 24.5 Å². The van der Waals surface area contributed by atoms with Gasteiger partial charge in [-0.05, 0) is 31.0 Å². The Kier molecular flexibility index (Phi) is 3.47. The van der Waals surface area contributed by atoms with Crippen LogP contribution in [0.25, 0.3) is 0 Å². The van der Waals surface area contributed by atoms with Crippen LogP contribution in [-0.4, -0.2) is 32.7 Å². The minimum absolute atomic E-state index is 0.0172. The first-order valence-electron chi connectivity index (χ1n) is 5.72. The van der Waals surface area contributed by atoms with E-state index < -0.39 is 10.0 Å². The highest BCUT2D eigenvalue weighted by molar-refractivity contribution is 7.89. The van der Waals surface area contributed by atoms with Gasteiger partial charge in [-0.2, -0.15) is 0 Å². The minimum Gasteiger partial charge on any atom is -0.399 e. The van der Waals surface area contributed by atoms with Crippen LogP contribution in [0.4, 0.5) is 11.4 Å². The first-order valence-corrected chi connectivity index (χ1v) is 7.27. The lowest BCUT2D eigenvalue weighted by molar-refractivity contribution is 0.145. The lowest BCUT2D eigenvalue weighted by Crippen LogP contribution is -2.35. The Hall–Kier alpha value is -1.31. The van der Waals surface area contributed by atoms with Gasteiger partial charge in [-0.3, -0.25) is 0 Å². The Morgan fingerprint density at radius 1 is 1.22 bits per heavy atom. The standard InChI is InChI=1S/C11H17N3O3S/c12-8-5-9(7-11(6-8)18(13,16)17)14-3-1-10(15)2-4-14/h5-7,10,15H,1-4,12H2,(H2,13,16,17). The molecule has 100 valence electrons. The van der Waals surface area contributed by atoms with E-state index in [0.717, 1.165) is 5.69 Å². The normalized spacial score (nSPS) is 18.0. The third-order valence-corrected chi connectivity index (χ3v) is 3.96. The van der Waals surface area contributed by atoms with E-state index in [-0.39, 0.29) is 11.0 Å². The molecule has 7 heteroatoms. The fourth-order valence-corrected chi connectivity index (χ4v) is 2.66. The number of hydrogen-bond acceptors (Lipinski definition) is 5. The molecule has 1 aliphatic rings. The van der Waals surface area contributed by atoms with Crippen molar-refractivity contribution in [3.63, 3.8) is 0 Å². The molecular formula is C11H17N3O3S. The molecule has 0 radical (unpaired) electrons. The summed E-state index contributed by atoms with van der Waals surface area (Å²) in [6.07, 6.45) is 1.05. The van der Waals surface area contributed by atoms with Gasteiger partial charge < -0.3 is 15.7 Å². The van der Waals surface area contributed by atoms with Gasteiger partial charge in [-0.25, -0.2) is 13.6 Å². The van der Waals surface area contributed by atoms with E-state index in [0.29, 0.717) is 31.6 Å². The number of aliphatic hydroxyl groups excluding tert-OH is 1. The van der Waals surface area contributed by atoms with E-state index in [1.165, 1.54) is 12.1 Å². The number of piperidine rings is 1. The lowest BCUT2D eigenvalue weighted by Gasteiger charge is -2.31.